The number of hydrogen-bond donors (Lipinski definition) is 1. The minimum atomic E-state index is -3.71. The molecule has 0 bridgehead atoms. The van der Waals surface area contributed by atoms with Crippen LogP contribution in [-0.2, 0) is 21.4 Å². The van der Waals surface area contributed by atoms with Gasteiger partial charge in [0.15, 0.2) is 5.03 Å². The zero-order valence-corrected chi connectivity index (χ0v) is 13.9. The molecule has 2 heterocycles. The summed E-state index contributed by atoms with van der Waals surface area (Å²) in [5.41, 5.74) is 0.150. The van der Waals surface area contributed by atoms with Gasteiger partial charge in [-0.05, 0) is 39.0 Å². The van der Waals surface area contributed by atoms with Gasteiger partial charge in [-0.2, -0.15) is 9.40 Å². The Morgan fingerprint density at radius 1 is 1.39 bits per heavy atom. The van der Waals surface area contributed by atoms with E-state index in [9.17, 15) is 18.3 Å². The molecule has 4 rings (SSSR count). The van der Waals surface area contributed by atoms with Gasteiger partial charge in [-0.1, -0.05) is 0 Å². The highest BCUT2D eigenvalue weighted by molar-refractivity contribution is 7.89. The van der Waals surface area contributed by atoms with Crippen LogP contribution in [0, 0.1) is 5.92 Å². The molecule has 126 valence electrons. The number of aromatic nitrogens is 2. The molecule has 1 atom stereocenters. The molecule has 1 N–H and O–H groups in total. The van der Waals surface area contributed by atoms with Gasteiger partial charge in [0, 0.05) is 30.6 Å². The third kappa shape index (κ3) is 2.15. The van der Waals surface area contributed by atoms with Crippen molar-refractivity contribution in [3.63, 3.8) is 0 Å². The average Bonchev–Trinajstić information content (AvgIpc) is 3.38. The molecular weight excluding hydrogens is 318 g/mol. The molecule has 1 aliphatic heterocycles. The molecular formula is C15H21N3O4S. The number of rotatable bonds is 5. The fourth-order valence-electron chi connectivity index (χ4n) is 3.89. The highest BCUT2D eigenvalue weighted by atomic mass is 32.2. The first kappa shape index (κ1) is 15.1. The summed E-state index contributed by atoms with van der Waals surface area (Å²) in [5.74, 6) is -1.09. The van der Waals surface area contributed by atoms with Gasteiger partial charge < -0.3 is 5.11 Å². The molecule has 3 fully saturated rings. The molecule has 23 heavy (non-hydrogen) atoms. The highest BCUT2D eigenvalue weighted by Crippen LogP contribution is 2.55. The zero-order valence-electron chi connectivity index (χ0n) is 13.1. The van der Waals surface area contributed by atoms with Crippen LogP contribution < -0.4 is 0 Å². The topological polar surface area (TPSA) is 92.5 Å². The second-order valence-electron chi connectivity index (χ2n) is 6.86. The van der Waals surface area contributed by atoms with E-state index in [2.05, 4.69) is 5.10 Å². The van der Waals surface area contributed by atoms with E-state index in [0.717, 1.165) is 18.5 Å². The van der Waals surface area contributed by atoms with Crippen molar-refractivity contribution < 1.29 is 18.3 Å². The van der Waals surface area contributed by atoms with Gasteiger partial charge in [-0.25, -0.2) is 8.42 Å². The van der Waals surface area contributed by atoms with Crippen LogP contribution in [0.2, 0.25) is 0 Å². The second-order valence-corrected chi connectivity index (χ2v) is 8.67. The predicted molar refractivity (Wildman–Crippen MR) is 81.5 cm³/mol. The molecule has 1 unspecified atom stereocenters. The SMILES string of the molecule is CCn1nc(C2CC2)cc1S(=O)(=O)N1CCC(C(=O)O)C12CC2. The van der Waals surface area contributed by atoms with Gasteiger partial charge in [0.25, 0.3) is 10.0 Å². The monoisotopic (exact) mass is 339 g/mol. The summed E-state index contributed by atoms with van der Waals surface area (Å²) in [6, 6.07) is 1.70. The highest BCUT2D eigenvalue weighted by Gasteiger charge is 2.64. The number of aryl methyl sites for hydroxylation is 1. The van der Waals surface area contributed by atoms with Crippen LogP contribution in [0.3, 0.4) is 0 Å². The van der Waals surface area contributed by atoms with Crippen LogP contribution in [0.25, 0.3) is 0 Å². The first-order chi connectivity index (χ1) is 10.9. The van der Waals surface area contributed by atoms with Crippen molar-refractivity contribution in [2.45, 2.75) is 62.1 Å². The maximum Gasteiger partial charge on any atom is 0.308 e. The first-order valence-corrected chi connectivity index (χ1v) is 9.67. The number of hydrogen-bond acceptors (Lipinski definition) is 4. The second kappa shape index (κ2) is 4.80. The van der Waals surface area contributed by atoms with Crippen LogP contribution in [0.5, 0.6) is 0 Å². The minimum Gasteiger partial charge on any atom is -0.481 e. The Morgan fingerprint density at radius 3 is 2.61 bits per heavy atom. The van der Waals surface area contributed by atoms with Gasteiger partial charge in [-0.3, -0.25) is 9.48 Å². The maximum absolute atomic E-state index is 13.2. The molecule has 1 saturated heterocycles. The quantitative estimate of drug-likeness (QED) is 0.875. The lowest BCUT2D eigenvalue weighted by atomic mass is 9.99. The van der Waals surface area contributed by atoms with Crippen LogP contribution >= 0.6 is 0 Å². The van der Waals surface area contributed by atoms with Gasteiger partial charge >= 0.3 is 5.97 Å². The minimum absolute atomic E-state index is 0.221. The van der Waals surface area contributed by atoms with Crippen molar-refractivity contribution in [1.82, 2.24) is 14.1 Å². The van der Waals surface area contributed by atoms with Crippen LogP contribution in [-0.4, -0.2) is 45.7 Å². The number of carbonyl (C=O) groups is 1. The third-order valence-corrected chi connectivity index (χ3v) is 7.42. The molecule has 1 spiro atoms. The molecule has 1 aromatic heterocycles. The summed E-state index contributed by atoms with van der Waals surface area (Å²) in [4.78, 5) is 11.5. The van der Waals surface area contributed by atoms with Crippen LogP contribution in [0.1, 0.15) is 50.6 Å². The Kier molecular flexibility index (Phi) is 3.16. The smallest absolute Gasteiger partial charge is 0.308 e. The summed E-state index contributed by atoms with van der Waals surface area (Å²) in [5, 5.41) is 14.1. The summed E-state index contributed by atoms with van der Waals surface area (Å²) < 4.78 is 29.3. The molecule has 1 aromatic rings. The Morgan fingerprint density at radius 2 is 2.09 bits per heavy atom. The fraction of sp³-hybridized carbons (Fsp3) is 0.733. The van der Waals surface area contributed by atoms with E-state index in [-0.39, 0.29) is 11.6 Å². The lowest BCUT2D eigenvalue weighted by molar-refractivity contribution is -0.142. The number of carboxylic acid groups (broad SMARTS) is 1. The third-order valence-electron chi connectivity index (χ3n) is 5.44. The van der Waals surface area contributed by atoms with Gasteiger partial charge in [0.05, 0.1) is 11.6 Å². The average molecular weight is 339 g/mol. The van der Waals surface area contributed by atoms with Crippen molar-refractivity contribution in [2.24, 2.45) is 5.92 Å². The maximum atomic E-state index is 13.2. The summed E-state index contributed by atoms with van der Waals surface area (Å²) >= 11 is 0. The molecule has 7 nitrogen and oxygen atoms in total. The van der Waals surface area contributed by atoms with Crippen molar-refractivity contribution in [3.05, 3.63) is 11.8 Å². The lowest BCUT2D eigenvalue weighted by Crippen LogP contribution is -2.42. The van der Waals surface area contributed by atoms with Crippen LogP contribution in [0.4, 0.5) is 0 Å². The lowest BCUT2D eigenvalue weighted by Gasteiger charge is -2.25. The first-order valence-electron chi connectivity index (χ1n) is 8.23. The summed E-state index contributed by atoms with van der Waals surface area (Å²) in [6.07, 6.45) is 3.80. The van der Waals surface area contributed by atoms with Crippen LogP contribution in [0.15, 0.2) is 11.1 Å². The molecule has 0 radical (unpaired) electrons. The van der Waals surface area contributed by atoms with Crippen molar-refractivity contribution in [3.8, 4) is 0 Å². The van der Waals surface area contributed by atoms with Gasteiger partial charge in [0.2, 0.25) is 0 Å². The normalized spacial score (nSPS) is 26.7. The van der Waals surface area contributed by atoms with E-state index in [1.165, 1.54) is 4.31 Å². The Labute approximate surface area is 135 Å². The number of sulfonamides is 1. The largest absolute Gasteiger partial charge is 0.481 e. The standard InChI is InChI=1S/C15H21N3O4S/c1-2-17-13(9-12(16-17)10-3-4-10)23(21,22)18-8-5-11(14(19)20)15(18)6-7-15/h9-11H,2-8H2,1H3,(H,19,20). The zero-order chi connectivity index (χ0) is 16.4. The predicted octanol–water partition coefficient (Wildman–Crippen LogP) is 1.41. The summed E-state index contributed by atoms with van der Waals surface area (Å²) in [7, 11) is -3.71. The summed E-state index contributed by atoms with van der Waals surface area (Å²) in [6.45, 7) is 2.65. The van der Waals surface area contributed by atoms with Gasteiger partial charge in [0.1, 0.15) is 0 Å². The molecule has 0 aromatic carbocycles. The Bertz CT molecular complexity index is 762. The van der Waals surface area contributed by atoms with Gasteiger partial charge in [-0.15, -0.1) is 0 Å². The number of aliphatic carboxylic acids is 1. The van der Waals surface area contributed by atoms with E-state index < -0.39 is 27.4 Å². The van der Waals surface area contributed by atoms with E-state index in [1.807, 2.05) is 6.92 Å². The Balaban J connectivity index is 1.73. The van der Waals surface area contributed by atoms with Crippen molar-refractivity contribution >= 4 is 16.0 Å². The van der Waals surface area contributed by atoms with Crippen molar-refractivity contribution in [2.75, 3.05) is 6.54 Å². The molecule has 8 heteroatoms. The Hall–Kier alpha value is -1.41. The molecule has 0 amide bonds. The molecule has 2 aliphatic carbocycles. The van der Waals surface area contributed by atoms with E-state index in [1.54, 1.807) is 10.7 Å². The van der Waals surface area contributed by atoms with Crippen molar-refractivity contribution in [1.29, 1.82) is 0 Å². The van der Waals surface area contributed by atoms with E-state index >= 15 is 0 Å². The number of carboxylic acids is 1. The van der Waals surface area contributed by atoms with E-state index in [0.29, 0.717) is 31.7 Å². The number of nitrogens with zero attached hydrogens (tertiary/aromatic N) is 3. The van der Waals surface area contributed by atoms with E-state index in [4.69, 9.17) is 0 Å². The fourth-order valence-corrected chi connectivity index (χ4v) is 5.96. The molecule has 3 aliphatic rings. The molecule has 2 saturated carbocycles.